The Labute approximate surface area is 47.0 Å². The van der Waals surface area contributed by atoms with Gasteiger partial charge >= 0.3 is 46.4 Å². The molecule has 0 spiro atoms. The molecule has 0 aromatic carbocycles. The van der Waals surface area contributed by atoms with Gasteiger partial charge < -0.3 is 0 Å². The van der Waals surface area contributed by atoms with Crippen molar-refractivity contribution >= 4 is 15.8 Å². The third-order valence-electron chi connectivity index (χ3n) is 0.612. The molecule has 0 nitrogen and oxygen atoms in total. The molecule has 6 heavy (non-hydrogen) atoms. The van der Waals surface area contributed by atoms with Gasteiger partial charge in [-0.15, -0.1) is 0 Å². The van der Waals surface area contributed by atoms with Crippen molar-refractivity contribution in [2.75, 3.05) is 0 Å². The van der Waals surface area contributed by atoms with Gasteiger partial charge in [-0.3, -0.25) is 0 Å². The van der Waals surface area contributed by atoms with Crippen molar-refractivity contribution in [3.05, 3.63) is 0 Å². The van der Waals surface area contributed by atoms with Crippen LogP contribution in [0.25, 0.3) is 0 Å². The first-order chi connectivity index (χ1) is 2.77. The first-order valence-electron chi connectivity index (χ1n) is 2.50. The molecule has 0 rings (SSSR count). The molecule has 1 unspecified atom stereocenters. The molecular weight excluding hydrogens is 135 g/mol. The Balaban J connectivity index is 2.63. The van der Waals surface area contributed by atoms with Gasteiger partial charge in [0, 0.05) is 0 Å². The second-order valence-corrected chi connectivity index (χ2v) is 6.48. The summed E-state index contributed by atoms with van der Waals surface area (Å²) < 4.78 is 1.02. The van der Waals surface area contributed by atoms with Crippen LogP contribution < -0.4 is 0 Å². The van der Waals surface area contributed by atoms with Gasteiger partial charge in [0.2, 0.25) is 0 Å². The summed E-state index contributed by atoms with van der Waals surface area (Å²) >= 11 is 0.458. The van der Waals surface area contributed by atoms with E-state index in [0.717, 1.165) is 4.71 Å². The van der Waals surface area contributed by atoms with E-state index >= 15 is 0 Å². The summed E-state index contributed by atoms with van der Waals surface area (Å²) in [6.07, 6.45) is 0. The predicted octanol–water partition coefficient (Wildman–Crippen LogP) is 1.69. The van der Waals surface area contributed by atoms with Crippen LogP contribution in [0.1, 0.15) is 20.8 Å². The molecule has 0 bridgehead atoms. The summed E-state index contributed by atoms with van der Waals surface area (Å²) in [5, 5.41) is 1.46. The van der Waals surface area contributed by atoms with E-state index in [4.69, 9.17) is 0 Å². The zero-order valence-electron chi connectivity index (χ0n) is 4.78. The van der Waals surface area contributed by atoms with Gasteiger partial charge in [-0.25, -0.2) is 0 Å². The summed E-state index contributed by atoms with van der Waals surface area (Å²) in [7, 11) is 0. The van der Waals surface area contributed by atoms with Crippen LogP contribution >= 0.6 is 0 Å². The number of hydrogen-bond donors (Lipinski definition) is 0. The molecule has 0 amide bonds. The van der Waals surface area contributed by atoms with Crippen molar-refractivity contribution in [2.45, 2.75) is 30.7 Å². The molecule has 0 aliphatic carbocycles. The van der Waals surface area contributed by atoms with Gasteiger partial charge in [-0.1, -0.05) is 0 Å². The van der Waals surface area contributed by atoms with E-state index in [-0.39, 0.29) is 0 Å². The minimum atomic E-state index is 0.458. The van der Waals surface area contributed by atoms with Gasteiger partial charge in [0.1, 0.15) is 0 Å². The van der Waals surface area contributed by atoms with Crippen molar-refractivity contribution in [3.8, 4) is 0 Å². The van der Waals surface area contributed by atoms with E-state index in [2.05, 4.69) is 20.8 Å². The van der Waals surface area contributed by atoms with Crippen molar-refractivity contribution < 1.29 is 0 Å². The molecule has 0 radical (unpaired) electrons. The van der Waals surface area contributed by atoms with Crippen LogP contribution in [0.3, 0.4) is 0 Å². The zero-order chi connectivity index (χ0) is 4.99. The number of hydrogen-bond acceptors (Lipinski definition) is 0. The molecule has 0 saturated heterocycles. The molecule has 0 aromatic rings. The number of rotatable bonds is 2. The van der Waals surface area contributed by atoms with Gasteiger partial charge in [0.05, 0.1) is 0 Å². The zero-order valence-corrected chi connectivity index (χ0v) is 6.88. The standard InChI is InChI=1S/C5H13As/c1-4-6-5(2)3/h5-6H,4H2,1-3H3. The van der Waals surface area contributed by atoms with E-state index in [1.54, 1.807) is 0 Å². The van der Waals surface area contributed by atoms with Crippen molar-refractivity contribution in [1.29, 1.82) is 0 Å². The van der Waals surface area contributed by atoms with Crippen LogP contribution in [0.5, 0.6) is 0 Å². The Morgan fingerprint density at radius 2 is 2.00 bits per heavy atom. The van der Waals surface area contributed by atoms with Gasteiger partial charge in [0.25, 0.3) is 0 Å². The monoisotopic (exact) mass is 148 g/mol. The fraction of sp³-hybridized carbons (Fsp3) is 1.00. The minimum absolute atomic E-state index is 0.458. The molecule has 0 aromatic heterocycles. The van der Waals surface area contributed by atoms with Gasteiger partial charge in [0.15, 0.2) is 0 Å². The van der Waals surface area contributed by atoms with E-state index in [1.165, 1.54) is 5.21 Å². The summed E-state index contributed by atoms with van der Waals surface area (Å²) in [5.41, 5.74) is 0. The van der Waals surface area contributed by atoms with Crippen LogP contribution in [-0.4, -0.2) is 15.8 Å². The summed E-state index contributed by atoms with van der Waals surface area (Å²) in [4.78, 5) is 0. The van der Waals surface area contributed by atoms with Crippen LogP contribution in [0, 0.1) is 0 Å². The normalized spacial score (nSPS) is 12.0. The second-order valence-electron chi connectivity index (χ2n) is 1.71. The van der Waals surface area contributed by atoms with Crippen molar-refractivity contribution in [2.24, 2.45) is 0 Å². The fourth-order valence-corrected chi connectivity index (χ4v) is 2.12. The van der Waals surface area contributed by atoms with Crippen LogP contribution in [0.2, 0.25) is 9.91 Å². The molecular formula is C5H13As. The molecule has 0 N–H and O–H groups in total. The van der Waals surface area contributed by atoms with E-state index in [1.807, 2.05) is 0 Å². The Morgan fingerprint density at radius 3 is 2.00 bits per heavy atom. The third kappa shape index (κ3) is 4.56. The Morgan fingerprint density at radius 1 is 1.50 bits per heavy atom. The molecule has 0 fully saturated rings. The maximum atomic E-state index is 2.31. The average Bonchev–Trinajstić information content (AvgIpc) is 1.35. The third-order valence-corrected chi connectivity index (χ3v) is 3.18. The van der Waals surface area contributed by atoms with Crippen LogP contribution in [-0.2, 0) is 0 Å². The predicted molar refractivity (Wildman–Crippen MR) is 32.7 cm³/mol. The summed E-state index contributed by atoms with van der Waals surface area (Å²) in [6, 6.07) is 0. The Bertz CT molecular complexity index is 25.1. The molecule has 0 aliphatic heterocycles. The van der Waals surface area contributed by atoms with Crippen molar-refractivity contribution in [1.82, 2.24) is 0 Å². The molecule has 1 atom stereocenters. The van der Waals surface area contributed by atoms with Gasteiger partial charge in [-0.2, -0.15) is 0 Å². The quantitative estimate of drug-likeness (QED) is 0.522. The van der Waals surface area contributed by atoms with E-state index in [9.17, 15) is 0 Å². The van der Waals surface area contributed by atoms with Crippen LogP contribution in [0.4, 0.5) is 0 Å². The summed E-state index contributed by atoms with van der Waals surface area (Å²) in [6.45, 7) is 6.90. The summed E-state index contributed by atoms with van der Waals surface area (Å²) in [5.74, 6) is 0. The topological polar surface area (TPSA) is 0 Å². The Hall–Kier alpha value is 0.558. The molecule has 38 valence electrons. The molecule has 1 heteroatoms. The fourth-order valence-electron chi connectivity index (χ4n) is 0.408. The second kappa shape index (κ2) is 3.74. The van der Waals surface area contributed by atoms with Crippen molar-refractivity contribution in [3.63, 3.8) is 0 Å². The Kier molecular flexibility index (Phi) is 4.09. The van der Waals surface area contributed by atoms with Crippen LogP contribution in [0.15, 0.2) is 0 Å². The molecule has 0 aliphatic rings. The maximum absolute atomic E-state index is 2.31. The van der Waals surface area contributed by atoms with E-state index in [0.29, 0.717) is 15.8 Å². The molecule has 0 saturated carbocycles. The first kappa shape index (κ1) is 6.56. The first-order valence-corrected chi connectivity index (χ1v) is 5.20. The van der Waals surface area contributed by atoms with Gasteiger partial charge in [-0.05, 0) is 0 Å². The SMILES string of the molecule is CC[AsH]C(C)C. The average molecular weight is 148 g/mol. The molecule has 0 heterocycles. The van der Waals surface area contributed by atoms with E-state index < -0.39 is 0 Å².